The van der Waals surface area contributed by atoms with E-state index in [1.165, 1.54) is 25.7 Å². The van der Waals surface area contributed by atoms with Crippen LogP contribution in [0.3, 0.4) is 0 Å². The number of carbonyl (C=O) groups excluding carboxylic acids is 1. The van der Waals surface area contributed by atoms with Gasteiger partial charge in [0.05, 0.1) is 0 Å². The van der Waals surface area contributed by atoms with E-state index in [9.17, 15) is 4.79 Å². The Bertz CT molecular complexity index is 479. The van der Waals surface area contributed by atoms with Crippen LogP contribution in [0.5, 0.6) is 0 Å². The maximum absolute atomic E-state index is 12.0. The van der Waals surface area contributed by atoms with E-state index < -0.39 is 0 Å². The van der Waals surface area contributed by atoms with Gasteiger partial charge in [-0.3, -0.25) is 4.79 Å². The van der Waals surface area contributed by atoms with E-state index in [0.29, 0.717) is 17.0 Å². The molecule has 1 aromatic rings. The first-order valence-corrected chi connectivity index (χ1v) is 6.57. The molecule has 0 saturated heterocycles. The molecule has 1 aromatic carbocycles. The second-order valence-corrected chi connectivity index (χ2v) is 4.93. The third-order valence-electron chi connectivity index (χ3n) is 3.55. The molecule has 2 rings (SSSR count). The molecule has 0 atom stereocenters. The Morgan fingerprint density at radius 3 is 2.74 bits per heavy atom. The maximum atomic E-state index is 12.0. The molecule has 0 radical (unpaired) electrons. The van der Waals surface area contributed by atoms with Crippen molar-refractivity contribution < 1.29 is 10.0 Å². The monoisotopic (exact) mass is 261 g/mol. The van der Waals surface area contributed by atoms with Crippen molar-refractivity contribution in [2.45, 2.75) is 25.7 Å². The molecule has 0 aliphatic heterocycles. The number of hydrogen-bond acceptors (Lipinski definition) is 3. The molecule has 0 heterocycles. The van der Waals surface area contributed by atoms with Gasteiger partial charge in [0, 0.05) is 17.7 Å². The van der Waals surface area contributed by atoms with Gasteiger partial charge in [-0.2, -0.15) is 0 Å². The molecule has 5 heteroatoms. The van der Waals surface area contributed by atoms with Gasteiger partial charge in [0.1, 0.15) is 0 Å². The minimum absolute atomic E-state index is 0.00504. The summed E-state index contributed by atoms with van der Waals surface area (Å²) in [7, 11) is 0. The molecular formula is C14H19N3O2. The Hall–Kier alpha value is -2.04. The third kappa shape index (κ3) is 3.47. The van der Waals surface area contributed by atoms with E-state index >= 15 is 0 Å². The van der Waals surface area contributed by atoms with E-state index in [2.05, 4.69) is 10.5 Å². The molecule has 0 unspecified atom stereocenters. The topological polar surface area (TPSA) is 87.7 Å². The Kier molecular flexibility index (Phi) is 4.39. The van der Waals surface area contributed by atoms with E-state index in [-0.39, 0.29) is 11.7 Å². The smallest absolute Gasteiger partial charge is 0.251 e. The van der Waals surface area contributed by atoms with Crippen LogP contribution in [0.25, 0.3) is 0 Å². The number of amides is 1. The molecule has 4 N–H and O–H groups in total. The summed E-state index contributed by atoms with van der Waals surface area (Å²) in [5.74, 6) is 0.501. The van der Waals surface area contributed by atoms with Crippen molar-refractivity contribution in [3.05, 3.63) is 35.4 Å². The number of benzene rings is 1. The van der Waals surface area contributed by atoms with E-state index in [0.717, 1.165) is 6.54 Å². The highest BCUT2D eigenvalue weighted by Gasteiger charge is 2.16. The number of oxime groups is 1. The van der Waals surface area contributed by atoms with Crippen molar-refractivity contribution in [2.24, 2.45) is 16.8 Å². The molecule has 1 fully saturated rings. The first-order valence-electron chi connectivity index (χ1n) is 6.57. The molecule has 102 valence electrons. The predicted molar refractivity (Wildman–Crippen MR) is 73.2 cm³/mol. The van der Waals surface area contributed by atoms with Gasteiger partial charge in [-0.1, -0.05) is 30.1 Å². The van der Waals surface area contributed by atoms with Crippen molar-refractivity contribution in [3.8, 4) is 0 Å². The molecule has 1 aliphatic rings. The lowest BCUT2D eigenvalue weighted by atomic mass is 10.1. The first kappa shape index (κ1) is 13.4. The molecule has 1 saturated carbocycles. The Labute approximate surface area is 112 Å². The zero-order valence-corrected chi connectivity index (χ0v) is 10.8. The minimum Gasteiger partial charge on any atom is -0.409 e. The lowest BCUT2D eigenvalue weighted by Gasteiger charge is -2.11. The van der Waals surface area contributed by atoms with Gasteiger partial charge in [-0.15, -0.1) is 0 Å². The molecule has 5 nitrogen and oxygen atoms in total. The molecular weight excluding hydrogens is 242 g/mol. The second-order valence-electron chi connectivity index (χ2n) is 4.93. The Morgan fingerprint density at radius 1 is 1.37 bits per heavy atom. The van der Waals surface area contributed by atoms with E-state index in [1.54, 1.807) is 24.3 Å². The zero-order chi connectivity index (χ0) is 13.7. The summed E-state index contributed by atoms with van der Waals surface area (Å²) in [6.45, 7) is 0.729. The summed E-state index contributed by atoms with van der Waals surface area (Å²) in [5.41, 5.74) is 6.57. The van der Waals surface area contributed by atoms with Gasteiger partial charge in [-0.25, -0.2) is 0 Å². The number of nitrogens with zero attached hydrogens (tertiary/aromatic N) is 1. The Balaban J connectivity index is 1.98. The van der Waals surface area contributed by atoms with Crippen molar-refractivity contribution in [1.82, 2.24) is 5.32 Å². The van der Waals surface area contributed by atoms with Crippen molar-refractivity contribution in [2.75, 3.05) is 6.54 Å². The fourth-order valence-electron chi connectivity index (χ4n) is 2.43. The SMILES string of the molecule is N/C(=N\O)c1cccc(C(=O)NCC2CCCC2)c1. The summed E-state index contributed by atoms with van der Waals surface area (Å²) in [4.78, 5) is 12.0. The van der Waals surface area contributed by atoms with E-state index in [1.807, 2.05) is 0 Å². The van der Waals surface area contributed by atoms with Crippen LogP contribution in [0, 0.1) is 5.92 Å². The van der Waals surface area contributed by atoms with Gasteiger partial charge in [0.2, 0.25) is 0 Å². The predicted octanol–water partition coefficient (Wildman–Crippen LogP) is 1.70. The number of amidine groups is 1. The highest BCUT2D eigenvalue weighted by molar-refractivity contribution is 6.01. The second kappa shape index (κ2) is 6.22. The van der Waals surface area contributed by atoms with E-state index in [4.69, 9.17) is 10.9 Å². The quantitative estimate of drug-likeness (QED) is 0.333. The minimum atomic E-state index is -0.112. The van der Waals surface area contributed by atoms with Crippen LogP contribution in [-0.2, 0) is 0 Å². The number of rotatable bonds is 4. The van der Waals surface area contributed by atoms with Crippen LogP contribution in [0.2, 0.25) is 0 Å². The number of carbonyl (C=O) groups is 1. The molecule has 19 heavy (non-hydrogen) atoms. The summed E-state index contributed by atoms with van der Waals surface area (Å²) in [5, 5.41) is 14.5. The van der Waals surface area contributed by atoms with Crippen LogP contribution in [0.15, 0.2) is 29.4 Å². The van der Waals surface area contributed by atoms with Gasteiger partial charge >= 0.3 is 0 Å². The number of nitrogens with two attached hydrogens (primary N) is 1. The number of nitrogens with one attached hydrogen (secondary N) is 1. The summed E-state index contributed by atoms with van der Waals surface area (Å²) < 4.78 is 0. The van der Waals surface area contributed by atoms with Gasteiger partial charge < -0.3 is 16.3 Å². The van der Waals surface area contributed by atoms with Crippen LogP contribution in [0.1, 0.15) is 41.6 Å². The first-order chi connectivity index (χ1) is 9.20. The molecule has 0 aromatic heterocycles. The van der Waals surface area contributed by atoms with Crippen molar-refractivity contribution >= 4 is 11.7 Å². The van der Waals surface area contributed by atoms with Gasteiger partial charge in [0.15, 0.2) is 5.84 Å². The normalized spacial score (nSPS) is 16.5. The Morgan fingerprint density at radius 2 is 2.05 bits per heavy atom. The lowest BCUT2D eigenvalue weighted by molar-refractivity contribution is 0.0947. The summed E-state index contributed by atoms with van der Waals surface area (Å²) in [6, 6.07) is 6.76. The fraction of sp³-hybridized carbons (Fsp3) is 0.429. The van der Waals surface area contributed by atoms with Gasteiger partial charge in [0.25, 0.3) is 5.91 Å². The van der Waals surface area contributed by atoms with Crippen LogP contribution >= 0.6 is 0 Å². The van der Waals surface area contributed by atoms with Gasteiger partial charge in [-0.05, 0) is 30.9 Å². The summed E-state index contributed by atoms with van der Waals surface area (Å²) in [6.07, 6.45) is 4.92. The number of hydrogen-bond donors (Lipinski definition) is 3. The highest BCUT2D eigenvalue weighted by atomic mass is 16.4. The summed E-state index contributed by atoms with van der Waals surface area (Å²) >= 11 is 0. The third-order valence-corrected chi connectivity index (χ3v) is 3.55. The van der Waals surface area contributed by atoms with Crippen molar-refractivity contribution in [1.29, 1.82) is 0 Å². The van der Waals surface area contributed by atoms with Crippen LogP contribution < -0.4 is 11.1 Å². The van der Waals surface area contributed by atoms with Crippen LogP contribution in [0.4, 0.5) is 0 Å². The maximum Gasteiger partial charge on any atom is 0.251 e. The molecule has 1 aliphatic carbocycles. The molecule has 0 bridgehead atoms. The standard InChI is InChI=1S/C14H19N3O2/c15-13(17-19)11-6-3-7-12(8-11)14(18)16-9-10-4-1-2-5-10/h3,6-8,10,19H,1-2,4-5,9H2,(H2,15,17)(H,16,18). The largest absolute Gasteiger partial charge is 0.409 e. The van der Waals surface area contributed by atoms with Crippen LogP contribution in [-0.4, -0.2) is 23.5 Å². The fourth-order valence-corrected chi connectivity index (χ4v) is 2.43. The average Bonchev–Trinajstić information content (AvgIpc) is 2.97. The van der Waals surface area contributed by atoms with Crippen molar-refractivity contribution in [3.63, 3.8) is 0 Å². The highest BCUT2D eigenvalue weighted by Crippen LogP contribution is 2.23. The lowest BCUT2D eigenvalue weighted by Crippen LogP contribution is -2.28. The average molecular weight is 261 g/mol. The molecule has 1 amide bonds. The zero-order valence-electron chi connectivity index (χ0n) is 10.8. The molecule has 0 spiro atoms.